The molecule has 2 aromatic carbocycles. The first kappa shape index (κ1) is 17.7. The minimum atomic E-state index is -0.244. The van der Waals surface area contributed by atoms with E-state index in [9.17, 15) is 4.79 Å². The lowest BCUT2D eigenvalue weighted by Gasteiger charge is -2.14. The topological polar surface area (TPSA) is 56.8 Å². The van der Waals surface area contributed by atoms with Gasteiger partial charge >= 0.3 is 0 Å². The second-order valence-corrected chi connectivity index (χ2v) is 5.71. The van der Waals surface area contributed by atoms with Crippen LogP contribution < -0.4 is 19.5 Å². The Kier molecular flexibility index (Phi) is 6.49. The van der Waals surface area contributed by atoms with Crippen LogP contribution in [0, 0.1) is 5.92 Å². The van der Waals surface area contributed by atoms with Gasteiger partial charge in [0, 0.05) is 0 Å². The average molecular weight is 329 g/mol. The molecule has 0 bridgehead atoms. The number of anilines is 1. The third-order valence-electron chi connectivity index (χ3n) is 3.16. The zero-order chi connectivity index (χ0) is 17.4. The van der Waals surface area contributed by atoms with Crippen molar-refractivity contribution in [3.05, 3.63) is 48.5 Å². The van der Waals surface area contributed by atoms with E-state index < -0.39 is 0 Å². The fourth-order valence-corrected chi connectivity index (χ4v) is 1.96. The first-order valence-corrected chi connectivity index (χ1v) is 7.87. The summed E-state index contributed by atoms with van der Waals surface area (Å²) < 4.78 is 16.3. The van der Waals surface area contributed by atoms with Crippen LogP contribution in [0.5, 0.6) is 17.2 Å². The summed E-state index contributed by atoms with van der Waals surface area (Å²) in [5.74, 6) is 2.17. The summed E-state index contributed by atoms with van der Waals surface area (Å²) in [5, 5.41) is 2.81. The van der Waals surface area contributed by atoms with Crippen molar-refractivity contribution >= 4 is 11.6 Å². The Balaban J connectivity index is 1.89. The van der Waals surface area contributed by atoms with Crippen LogP contribution in [0.1, 0.15) is 13.8 Å². The van der Waals surface area contributed by atoms with Crippen LogP contribution in [0.2, 0.25) is 0 Å². The van der Waals surface area contributed by atoms with Gasteiger partial charge in [-0.1, -0.05) is 26.0 Å². The molecule has 2 aromatic rings. The van der Waals surface area contributed by atoms with Crippen LogP contribution in [-0.2, 0) is 4.79 Å². The molecule has 0 saturated carbocycles. The number of nitrogens with one attached hydrogen (secondary N) is 1. The molecule has 5 nitrogen and oxygen atoms in total. The lowest BCUT2D eigenvalue weighted by molar-refractivity contribution is -0.118. The van der Waals surface area contributed by atoms with E-state index in [4.69, 9.17) is 14.2 Å². The van der Waals surface area contributed by atoms with E-state index in [2.05, 4.69) is 19.2 Å². The summed E-state index contributed by atoms with van der Waals surface area (Å²) in [5.41, 5.74) is 0.640. The number of carbonyl (C=O) groups excluding carboxylic acids is 1. The van der Waals surface area contributed by atoms with Crippen LogP contribution in [0.3, 0.4) is 0 Å². The van der Waals surface area contributed by atoms with Crippen molar-refractivity contribution in [2.75, 3.05) is 25.6 Å². The Bertz CT molecular complexity index is 653. The molecule has 0 heterocycles. The molecular formula is C19H23NO4. The highest BCUT2D eigenvalue weighted by atomic mass is 16.5. The molecule has 1 amide bonds. The number of ether oxygens (including phenoxy) is 3. The van der Waals surface area contributed by atoms with Crippen LogP contribution in [0.4, 0.5) is 5.69 Å². The van der Waals surface area contributed by atoms with E-state index >= 15 is 0 Å². The molecule has 0 aliphatic rings. The van der Waals surface area contributed by atoms with E-state index in [0.29, 0.717) is 29.7 Å². The largest absolute Gasteiger partial charge is 0.497 e. The molecule has 0 spiro atoms. The number of hydrogen-bond donors (Lipinski definition) is 1. The summed E-state index contributed by atoms with van der Waals surface area (Å²) in [6.07, 6.45) is 0. The monoisotopic (exact) mass is 329 g/mol. The van der Waals surface area contributed by atoms with Gasteiger partial charge in [0.2, 0.25) is 0 Å². The maximum Gasteiger partial charge on any atom is 0.262 e. The lowest BCUT2D eigenvalue weighted by atomic mass is 10.2. The zero-order valence-corrected chi connectivity index (χ0v) is 14.2. The van der Waals surface area contributed by atoms with Crippen molar-refractivity contribution in [2.24, 2.45) is 5.92 Å². The normalized spacial score (nSPS) is 10.3. The Morgan fingerprint density at radius 1 is 1.00 bits per heavy atom. The Morgan fingerprint density at radius 2 is 1.67 bits per heavy atom. The first-order valence-electron chi connectivity index (χ1n) is 7.87. The minimum absolute atomic E-state index is 0.0785. The number of para-hydroxylation sites is 2. The summed E-state index contributed by atoms with van der Waals surface area (Å²) in [7, 11) is 1.60. The first-order chi connectivity index (χ1) is 11.6. The number of carbonyl (C=O) groups is 1. The van der Waals surface area contributed by atoms with Gasteiger partial charge in [0.15, 0.2) is 6.61 Å². The smallest absolute Gasteiger partial charge is 0.262 e. The van der Waals surface area contributed by atoms with Crippen LogP contribution in [0.25, 0.3) is 0 Å². The molecule has 0 unspecified atom stereocenters. The summed E-state index contributed by atoms with van der Waals surface area (Å²) >= 11 is 0. The Morgan fingerprint density at radius 3 is 2.33 bits per heavy atom. The second-order valence-electron chi connectivity index (χ2n) is 5.71. The molecule has 0 aromatic heterocycles. The fraction of sp³-hybridized carbons (Fsp3) is 0.316. The van der Waals surface area contributed by atoms with Gasteiger partial charge in [0.1, 0.15) is 17.2 Å². The SMILES string of the molecule is COc1ccc(OCC(=O)Nc2ccccc2OCC(C)C)cc1. The standard InChI is InChI=1S/C19H23NO4/c1-14(2)12-24-18-7-5-4-6-17(18)20-19(21)13-23-16-10-8-15(22-3)9-11-16/h4-11,14H,12-13H2,1-3H3,(H,20,21). The predicted molar refractivity (Wildman–Crippen MR) is 93.9 cm³/mol. The van der Waals surface area contributed by atoms with Crippen molar-refractivity contribution in [1.82, 2.24) is 0 Å². The zero-order valence-electron chi connectivity index (χ0n) is 14.2. The van der Waals surface area contributed by atoms with Gasteiger partial charge in [0.25, 0.3) is 5.91 Å². The number of rotatable bonds is 8. The van der Waals surface area contributed by atoms with Crippen LogP contribution >= 0.6 is 0 Å². The third kappa shape index (κ3) is 5.50. The number of hydrogen-bond acceptors (Lipinski definition) is 4. The van der Waals surface area contributed by atoms with Gasteiger partial charge in [-0.2, -0.15) is 0 Å². The Labute approximate surface area is 142 Å². The second kappa shape index (κ2) is 8.82. The van der Waals surface area contributed by atoms with E-state index in [-0.39, 0.29) is 12.5 Å². The third-order valence-corrected chi connectivity index (χ3v) is 3.16. The van der Waals surface area contributed by atoms with Gasteiger partial charge < -0.3 is 19.5 Å². The molecule has 5 heteroatoms. The van der Waals surface area contributed by atoms with Gasteiger partial charge in [-0.3, -0.25) is 4.79 Å². The molecule has 0 radical (unpaired) electrons. The highest BCUT2D eigenvalue weighted by molar-refractivity contribution is 5.93. The maximum atomic E-state index is 12.1. The number of methoxy groups -OCH3 is 1. The van der Waals surface area contributed by atoms with Crippen molar-refractivity contribution < 1.29 is 19.0 Å². The lowest BCUT2D eigenvalue weighted by Crippen LogP contribution is -2.20. The molecule has 2 rings (SSSR count). The molecule has 128 valence electrons. The molecule has 1 N–H and O–H groups in total. The van der Waals surface area contributed by atoms with Crippen molar-refractivity contribution in [1.29, 1.82) is 0 Å². The molecule has 0 aliphatic heterocycles. The minimum Gasteiger partial charge on any atom is -0.497 e. The molecular weight excluding hydrogens is 306 g/mol. The summed E-state index contributed by atoms with van der Waals surface area (Å²) in [6.45, 7) is 4.66. The van der Waals surface area contributed by atoms with E-state index in [1.165, 1.54) is 0 Å². The molecule has 0 atom stereocenters. The fourth-order valence-electron chi connectivity index (χ4n) is 1.96. The van der Waals surface area contributed by atoms with Crippen molar-refractivity contribution in [3.63, 3.8) is 0 Å². The van der Waals surface area contributed by atoms with E-state index in [1.54, 1.807) is 37.4 Å². The van der Waals surface area contributed by atoms with Gasteiger partial charge in [-0.25, -0.2) is 0 Å². The Hall–Kier alpha value is -2.69. The number of amides is 1. The number of benzene rings is 2. The summed E-state index contributed by atoms with van der Waals surface area (Å²) in [4.78, 5) is 12.1. The van der Waals surface area contributed by atoms with Crippen molar-refractivity contribution in [3.8, 4) is 17.2 Å². The van der Waals surface area contributed by atoms with Crippen LogP contribution in [-0.4, -0.2) is 26.2 Å². The molecule has 0 aliphatic carbocycles. The molecule has 0 fully saturated rings. The molecule has 0 saturated heterocycles. The highest BCUT2D eigenvalue weighted by Crippen LogP contribution is 2.24. The van der Waals surface area contributed by atoms with Crippen molar-refractivity contribution in [2.45, 2.75) is 13.8 Å². The quantitative estimate of drug-likeness (QED) is 0.801. The van der Waals surface area contributed by atoms with Gasteiger partial charge in [-0.05, 0) is 42.3 Å². The summed E-state index contributed by atoms with van der Waals surface area (Å²) in [6, 6.07) is 14.4. The maximum absolute atomic E-state index is 12.1. The van der Waals surface area contributed by atoms with Gasteiger partial charge in [0.05, 0.1) is 19.4 Å². The van der Waals surface area contributed by atoms with Gasteiger partial charge in [-0.15, -0.1) is 0 Å². The van der Waals surface area contributed by atoms with E-state index in [0.717, 1.165) is 5.75 Å². The van der Waals surface area contributed by atoms with E-state index in [1.807, 2.05) is 18.2 Å². The average Bonchev–Trinajstić information content (AvgIpc) is 2.59. The highest BCUT2D eigenvalue weighted by Gasteiger charge is 2.09. The predicted octanol–water partition coefficient (Wildman–Crippen LogP) is 3.75. The van der Waals surface area contributed by atoms with Crippen LogP contribution in [0.15, 0.2) is 48.5 Å². The molecule has 24 heavy (non-hydrogen) atoms.